The summed E-state index contributed by atoms with van der Waals surface area (Å²) in [6.07, 6.45) is 4.61. The van der Waals surface area contributed by atoms with Gasteiger partial charge in [0, 0.05) is 13.2 Å². The van der Waals surface area contributed by atoms with Crippen LogP contribution in [0, 0.1) is 0 Å². The lowest BCUT2D eigenvalue weighted by atomic mass is 9.96. The number of nitrogens with one attached hydrogen (secondary N) is 2. The van der Waals surface area contributed by atoms with Crippen LogP contribution in [-0.2, 0) is 25.6 Å². The fourth-order valence-corrected chi connectivity index (χ4v) is 4.72. The van der Waals surface area contributed by atoms with Gasteiger partial charge in [0.25, 0.3) is 0 Å². The molecular weight excluding hydrogens is 410 g/mol. The first kappa shape index (κ1) is 23.0. The van der Waals surface area contributed by atoms with Crippen LogP contribution in [-0.4, -0.2) is 74.0 Å². The van der Waals surface area contributed by atoms with Crippen molar-refractivity contribution in [1.29, 1.82) is 0 Å². The second-order valence-corrected chi connectivity index (χ2v) is 8.84. The van der Waals surface area contributed by atoms with Crippen molar-refractivity contribution in [1.82, 2.24) is 15.5 Å². The van der Waals surface area contributed by atoms with Crippen molar-refractivity contribution in [2.45, 2.75) is 69.4 Å². The van der Waals surface area contributed by atoms with E-state index in [9.17, 15) is 9.59 Å². The molecule has 0 aliphatic carbocycles. The molecule has 2 amide bonds. The summed E-state index contributed by atoms with van der Waals surface area (Å²) >= 11 is 0. The summed E-state index contributed by atoms with van der Waals surface area (Å²) in [5.41, 5.74) is 0.948. The normalized spacial score (nSPS) is 26.6. The first-order chi connectivity index (χ1) is 15.7. The van der Waals surface area contributed by atoms with E-state index in [4.69, 9.17) is 14.2 Å². The molecule has 1 aromatic carbocycles. The molecule has 0 aromatic heterocycles. The van der Waals surface area contributed by atoms with E-state index in [0.29, 0.717) is 19.8 Å². The lowest BCUT2D eigenvalue weighted by Crippen LogP contribution is -2.60. The molecule has 3 saturated heterocycles. The van der Waals surface area contributed by atoms with Crippen molar-refractivity contribution < 1.29 is 23.8 Å². The topological polar surface area (TPSA) is 89.1 Å². The molecule has 3 heterocycles. The van der Waals surface area contributed by atoms with Gasteiger partial charge in [-0.05, 0) is 57.2 Å². The van der Waals surface area contributed by atoms with Crippen LogP contribution in [0.15, 0.2) is 30.3 Å². The molecule has 2 N–H and O–H groups in total. The summed E-state index contributed by atoms with van der Waals surface area (Å²) in [4.78, 5) is 27.5. The molecule has 3 aliphatic heterocycles. The van der Waals surface area contributed by atoms with Crippen molar-refractivity contribution >= 4 is 12.0 Å². The van der Waals surface area contributed by atoms with Gasteiger partial charge in [0.15, 0.2) is 0 Å². The van der Waals surface area contributed by atoms with Gasteiger partial charge in [-0.3, -0.25) is 4.79 Å². The van der Waals surface area contributed by atoms with E-state index < -0.39 is 0 Å². The molecule has 0 radical (unpaired) electrons. The van der Waals surface area contributed by atoms with E-state index in [1.54, 1.807) is 4.90 Å². The number of ether oxygens (including phenoxy) is 3. The van der Waals surface area contributed by atoms with Crippen molar-refractivity contribution in [3.8, 4) is 0 Å². The number of carbonyl (C=O) groups excluding carboxylic acids is 2. The Morgan fingerprint density at radius 3 is 2.66 bits per heavy atom. The van der Waals surface area contributed by atoms with Gasteiger partial charge >= 0.3 is 6.09 Å². The van der Waals surface area contributed by atoms with E-state index in [1.807, 2.05) is 30.3 Å². The van der Waals surface area contributed by atoms with E-state index in [0.717, 1.165) is 57.2 Å². The Morgan fingerprint density at radius 2 is 1.91 bits per heavy atom. The fourth-order valence-electron chi connectivity index (χ4n) is 4.72. The molecule has 0 saturated carbocycles. The monoisotopic (exact) mass is 445 g/mol. The van der Waals surface area contributed by atoms with Gasteiger partial charge in [0.2, 0.25) is 5.91 Å². The second kappa shape index (κ2) is 11.6. The molecule has 3 aliphatic rings. The summed E-state index contributed by atoms with van der Waals surface area (Å²) in [7, 11) is 0. The highest BCUT2D eigenvalue weighted by atomic mass is 16.6. The quantitative estimate of drug-likeness (QED) is 0.669. The SMILES string of the molecule is O=C(N[C@H]1CCCN(C(=O)OCc2ccccc2)[C@H]1COC1CCNCC1)[C@@H]1CCCO1. The maximum Gasteiger partial charge on any atom is 0.410 e. The third-order valence-corrected chi connectivity index (χ3v) is 6.56. The first-order valence-electron chi connectivity index (χ1n) is 11.9. The summed E-state index contributed by atoms with van der Waals surface area (Å²) in [6, 6.07) is 9.23. The molecule has 8 heteroatoms. The molecule has 0 unspecified atom stereocenters. The molecular formula is C24H35N3O5. The van der Waals surface area contributed by atoms with E-state index >= 15 is 0 Å². The molecule has 0 bridgehead atoms. The molecule has 3 atom stereocenters. The average molecular weight is 446 g/mol. The van der Waals surface area contributed by atoms with Gasteiger partial charge in [-0.25, -0.2) is 4.79 Å². The van der Waals surface area contributed by atoms with Crippen molar-refractivity contribution in [3.05, 3.63) is 35.9 Å². The Hall–Kier alpha value is -2.16. The number of hydrogen-bond donors (Lipinski definition) is 2. The zero-order valence-corrected chi connectivity index (χ0v) is 18.7. The minimum absolute atomic E-state index is 0.0844. The average Bonchev–Trinajstić information content (AvgIpc) is 3.38. The van der Waals surface area contributed by atoms with Crippen LogP contribution in [0.3, 0.4) is 0 Å². The number of amides is 2. The number of nitrogens with zero attached hydrogens (tertiary/aromatic N) is 1. The van der Waals surface area contributed by atoms with Crippen molar-refractivity contribution in [2.24, 2.45) is 0 Å². The van der Waals surface area contributed by atoms with Gasteiger partial charge in [-0.15, -0.1) is 0 Å². The number of benzene rings is 1. The molecule has 3 fully saturated rings. The molecule has 32 heavy (non-hydrogen) atoms. The van der Waals surface area contributed by atoms with Crippen LogP contribution in [0.1, 0.15) is 44.1 Å². The Kier molecular flexibility index (Phi) is 8.36. The van der Waals surface area contributed by atoms with Gasteiger partial charge in [-0.2, -0.15) is 0 Å². The third kappa shape index (κ3) is 6.21. The molecule has 0 spiro atoms. The molecule has 176 valence electrons. The highest BCUT2D eigenvalue weighted by Crippen LogP contribution is 2.22. The van der Waals surface area contributed by atoms with Crippen LogP contribution in [0.25, 0.3) is 0 Å². The van der Waals surface area contributed by atoms with Gasteiger partial charge in [0.1, 0.15) is 12.7 Å². The Bertz CT molecular complexity index is 734. The highest BCUT2D eigenvalue weighted by molar-refractivity contribution is 5.81. The zero-order chi connectivity index (χ0) is 22.2. The van der Waals surface area contributed by atoms with Gasteiger partial charge in [0.05, 0.1) is 24.8 Å². The zero-order valence-electron chi connectivity index (χ0n) is 18.7. The Labute approximate surface area is 190 Å². The number of hydrogen-bond acceptors (Lipinski definition) is 6. The van der Waals surface area contributed by atoms with E-state index in [-0.39, 0.29) is 42.9 Å². The standard InChI is InChI=1S/C24H35N3O5/c28-23(22-9-5-15-30-22)26-20-8-4-14-27(21(20)17-31-19-10-12-25-13-11-19)24(29)32-16-18-6-2-1-3-7-18/h1-3,6-7,19-22,25H,4-5,8-17H2,(H,26,28)/t20-,21-,22-/m0/s1. The summed E-state index contributed by atoms with van der Waals surface area (Å²) in [5.74, 6) is -0.0844. The van der Waals surface area contributed by atoms with E-state index in [1.165, 1.54) is 0 Å². The predicted octanol–water partition coefficient (Wildman–Crippen LogP) is 2.22. The number of rotatable bonds is 7. The number of piperidine rings is 2. The van der Waals surface area contributed by atoms with Crippen LogP contribution in [0.5, 0.6) is 0 Å². The van der Waals surface area contributed by atoms with Gasteiger partial charge < -0.3 is 29.7 Å². The predicted molar refractivity (Wildman–Crippen MR) is 119 cm³/mol. The minimum Gasteiger partial charge on any atom is -0.445 e. The number of likely N-dealkylation sites (tertiary alicyclic amines) is 1. The Balaban J connectivity index is 1.40. The fraction of sp³-hybridized carbons (Fsp3) is 0.667. The highest BCUT2D eigenvalue weighted by Gasteiger charge is 2.38. The van der Waals surface area contributed by atoms with Crippen LogP contribution in [0.2, 0.25) is 0 Å². The van der Waals surface area contributed by atoms with E-state index in [2.05, 4.69) is 10.6 Å². The maximum atomic E-state index is 13.0. The van der Waals surface area contributed by atoms with Crippen LogP contribution in [0.4, 0.5) is 4.79 Å². The lowest BCUT2D eigenvalue weighted by Gasteiger charge is -2.41. The summed E-state index contributed by atoms with van der Waals surface area (Å²) in [5, 5.41) is 6.49. The van der Waals surface area contributed by atoms with Crippen molar-refractivity contribution in [2.75, 3.05) is 32.8 Å². The lowest BCUT2D eigenvalue weighted by molar-refractivity contribution is -0.132. The van der Waals surface area contributed by atoms with Gasteiger partial charge in [-0.1, -0.05) is 30.3 Å². The summed E-state index contributed by atoms with van der Waals surface area (Å²) < 4.78 is 17.4. The first-order valence-corrected chi connectivity index (χ1v) is 11.9. The Morgan fingerprint density at radius 1 is 1.09 bits per heavy atom. The third-order valence-electron chi connectivity index (χ3n) is 6.56. The minimum atomic E-state index is -0.388. The molecule has 4 rings (SSSR count). The number of carbonyl (C=O) groups is 2. The second-order valence-electron chi connectivity index (χ2n) is 8.84. The van der Waals surface area contributed by atoms with Crippen molar-refractivity contribution in [3.63, 3.8) is 0 Å². The van der Waals surface area contributed by atoms with Crippen LogP contribution >= 0.6 is 0 Å². The summed E-state index contributed by atoms with van der Waals surface area (Å²) in [6.45, 7) is 3.73. The van der Waals surface area contributed by atoms with Crippen LogP contribution < -0.4 is 10.6 Å². The molecule has 1 aromatic rings. The maximum absolute atomic E-state index is 13.0. The smallest absolute Gasteiger partial charge is 0.410 e. The molecule has 8 nitrogen and oxygen atoms in total. The largest absolute Gasteiger partial charge is 0.445 e.